The van der Waals surface area contributed by atoms with E-state index in [2.05, 4.69) is 15.5 Å². The first-order valence-corrected chi connectivity index (χ1v) is 7.47. The van der Waals surface area contributed by atoms with Gasteiger partial charge in [-0.1, -0.05) is 0 Å². The zero-order valence-electron chi connectivity index (χ0n) is 13.2. The maximum absolute atomic E-state index is 12.6. The summed E-state index contributed by atoms with van der Waals surface area (Å²) in [7, 11) is 1.55. The topological polar surface area (TPSA) is 90.5 Å². The molecule has 4 rings (SSSR count). The summed E-state index contributed by atoms with van der Waals surface area (Å²) in [5, 5.41) is 4.50. The van der Waals surface area contributed by atoms with Crippen molar-refractivity contribution in [3.8, 4) is 5.75 Å². The fraction of sp³-hybridized carbons (Fsp3) is 0.0588. The number of amides is 1. The Labute approximate surface area is 141 Å². The van der Waals surface area contributed by atoms with Crippen molar-refractivity contribution in [3.63, 3.8) is 0 Å². The Kier molecular flexibility index (Phi) is 3.42. The largest absolute Gasteiger partial charge is 0.497 e. The van der Waals surface area contributed by atoms with Gasteiger partial charge in [-0.3, -0.25) is 15.0 Å². The average molecular weight is 335 g/mol. The summed E-state index contributed by atoms with van der Waals surface area (Å²) in [5.41, 5.74) is 3.86. The van der Waals surface area contributed by atoms with Crippen LogP contribution in [0.15, 0.2) is 59.8 Å². The molecule has 0 atom stereocenters. The van der Waals surface area contributed by atoms with E-state index in [1.54, 1.807) is 54.2 Å². The minimum Gasteiger partial charge on any atom is -0.497 e. The smallest absolute Gasteiger partial charge is 0.280 e. The second-order valence-electron chi connectivity index (χ2n) is 5.32. The van der Waals surface area contributed by atoms with Gasteiger partial charge >= 0.3 is 0 Å². The molecule has 0 spiro atoms. The van der Waals surface area contributed by atoms with Gasteiger partial charge in [-0.05, 0) is 30.3 Å². The predicted molar refractivity (Wildman–Crippen MR) is 91.4 cm³/mol. The second-order valence-corrected chi connectivity index (χ2v) is 5.32. The Hall–Kier alpha value is -3.68. The van der Waals surface area contributed by atoms with Gasteiger partial charge < -0.3 is 4.74 Å². The number of ether oxygens (including phenoxy) is 1. The highest BCUT2D eigenvalue weighted by Gasteiger charge is 2.11. The Bertz CT molecular complexity index is 1140. The number of hydrogen-bond acceptors (Lipinski definition) is 5. The normalized spacial score (nSPS) is 10.9. The summed E-state index contributed by atoms with van der Waals surface area (Å²) in [6, 6.07) is 10.0. The highest BCUT2D eigenvalue weighted by molar-refractivity contribution is 6.00. The van der Waals surface area contributed by atoms with Crippen LogP contribution >= 0.6 is 0 Å². The molecular formula is C17H13N5O3. The predicted octanol–water partition coefficient (Wildman–Crippen LogP) is 1.44. The lowest BCUT2D eigenvalue weighted by Gasteiger charge is -2.10. The highest BCUT2D eigenvalue weighted by Crippen LogP contribution is 2.12. The molecule has 3 aromatic heterocycles. The molecule has 1 amide bonds. The maximum Gasteiger partial charge on any atom is 0.280 e. The van der Waals surface area contributed by atoms with Crippen LogP contribution in [-0.2, 0) is 0 Å². The van der Waals surface area contributed by atoms with Crippen LogP contribution in [0.4, 0.5) is 0 Å². The quantitative estimate of drug-likeness (QED) is 0.612. The number of aromatic nitrogens is 4. The van der Waals surface area contributed by atoms with E-state index in [0.29, 0.717) is 27.9 Å². The Morgan fingerprint density at radius 1 is 1.16 bits per heavy atom. The summed E-state index contributed by atoms with van der Waals surface area (Å²) in [4.78, 5) is 29.1. The standard InChI is InChI=1S/C17H13N5O3/c1-25-12-4-2-11(3-5-12)16(23)20-21-9-7-14-13(17(21)24)10-18-15-6-8-19-22(14)15/h2-10H,1H3,(H,20,23). The number of methoxy groups -OCH3 is 1. The Balaban J connectivity index is 1.71. The van der Waals surface area contributed by atoms with Gasteiger partial charge in [0.2, 0.25) is 0 Å². The number of pyridine rings is 1. The SMILES string of the molecule is COc1ccc(C(=O)Nn2ccc3c(cnc4ccnn43)c2=O)cc1. The van der Waals surface area contributed by atoms with Crippen molar-refractivity contribution in [2.75, 3.05) is 12.5 Å². The fourth-order valence-corrected chi connectivity index (χ4v) is 2.56. The van der Waals surface area contributed by atoms with Gasteiger partial charge in [0.1, 0.15) is 5.75 Å². The molecule has 0 aliphatic rings. The molecule has 4 aromatic rings. The van der Waals surface area contributed by atoms with Crippen LogP contribution in [0.1, 0.15) is 10.4 Å². The summed E-state index contributed by atoms with van der Waals surface area (Å²) < 4.78 is 7.77. The van der Waals surface area contributed by atoms with Crippen LogP contribution in [0, 0.1) is 0 Å². The van der Waals surface area contributed by atoms with Crippen LogP contribution in [0.2, 0.25) is 0 Å². The molecular weight excluding hydrogens is 322 g/mol. The van der Waals surface area contributed by atoms with Gasteiger partial charge in [0.15, 0.2) is 5.65 Å². The minimum atomic E-state index is -0.405. The number of rotatable bonds is 3. The van der Waals surface area contributed by atoms with Crippen LogP contribution in [0.5, 0.6) is 5.75 Å². The molecule has 0 bridgehead atoms. The first-order chi connectivity index (χ1) is 12.2. The van der Waals surface area contributed by atoms with Gasteiger partial charge in [0.25, 0.3) is 11.5 Å². The van der Waals surface area contributed by atoms with Crippen LogP contribution in [-0.4, -0.2) is 32.3 Å². The molecule has 8 heteroatoms. The minimum absolute atomic E-state index is 0.355. The number of carbonyl (C=O) groups excluding carboxylic acids is 1. The van der Waals surface area contributed by atoms with Crippen molar-refractivity contribution in [3.05, 3.63) is 70.9 Å². The van der Waals surface area contributed by atoms with E-state index in [1.807, 2.05) is 0 Å². The molecule has 8 nitrogen and oxygen atoms in total. The summed E-state index contributed by atoms with van der Waals surface area (Å²) >= 11 is 0. The number of nitrogens with zero attached hydrogens (tertiary/aromatic N) is 4. The monoisotopic (exact) mass is 335 g/mol. The third-order valence-corrected chi connectivity index (χ3v) is 3.86. The fourth-order valence-electron chi connectivity index (χ4n) is 2.56. The van der Waals surface area contributed by atoms with E-state index in [-0.39, 0.29) is 5.56 Å². The molecule has 0 aliphatic carbocycles. The zero-order chi connectivity index (χ0) is 17.4. The molecule has 0 saturated carbocycles. The van der Waals surface area contributed by atoms with Crippen molar-refractivity contribution in [1.29, 1.82) is 0 Å². The van der Waals surface area contributed by atoms with Crippen LogP contribution in [0.3, 0.4) is 0 Å². The first kappa shape index (κ1) is 14.9. The van der Waals surface area contributed by atoms with E-state index < -0.39 is 5.91 Å². The highest BCUT2D eigenvalue weighted by atomic mass is 16.5. The van der Waals surface area contributed by atoms with Crippen LogP contribution < -0.4 is 15.7 Å². The van der Waals surface area contributed by atoms with Gasteiger partial charge in [0, 0.05) is 24.0 Å². The Morgan fingerprint density at radius 3 is 2.72 bits per heavy atom. The number of benzene rings is 1. The van der Waals surface area contributed by atoms with Gasteiger partial charge in [-0.2, -0.15) is 5.10 Å². The van der Waals surface area contributed by atoms with E-state index in [4.69, 9.17) is 4.74 Å². The molecule has 1 aromatic carbocycles. The Morgan fingerprint density at radius 2 is 1.96 bits per heavy atom. The average Bonchev–Trinajstić information content (AvgIpc) is 3.13. The van der Waals surface area contributed by atoms with E-state index in [9.17, 15) is 9.59 Å². The molecule has 25 heavy (non-hydrogen) atoms. The van der Waals surface area contributed by atoms with Gasteiger partial charge in [-0.25, -0.2) is 14.2 Å². The second kappa shape index (κ2) is 5.75. The van der Waals surface area contributed by atoms with Gasteiger partial charge in [-0.15, -0.1) is 0 Å². The van der Waals surface area contributed by atoms with Crippen molar-refractivity contribution in [2.45, 2.75) is 0 Å². The maximum atomic E-state index is 12.6. The lowest BCUT2D eigenvalue weighted by molar-refractivity contribution is 0.101. The summed E-state index contributed by atoms with van der Waals surface area (Å²) in [6.45, 7) is 0. The third-order valence-electron chi connectivity index (χ3n) is 3.86. The van der Waals surface area contributed by atoms with Crippen molar-refractivity contribution < 1.29 is 9.53 Å². The molecule has 0 aliphatic heterocycles. The van der Waals surface area contributed by atoms with Crippen LogP contribution in [0.25, 0.3) is 16.6 Å². The summed E-state index contributed by atoms with van der Waals surface area (Å²) in [5.74, 6) is 0.242. The number of nitrogens with one attached hydrogen (secondary N) is 1. The molecule has 3 heterocycles. The number of fused-ring (bicyclic) bond motifs is 3. The molecule has 0 fully saturated rings. The number of carbonyl (C=O) groups is 1. The molecule has 1 N–H and O–H groups in total. The van der Waals surface area contributed by atoms with Crippen molar-refractivity contribution in [1.82, 2.24) is 19.3 Å². The van der Waals surface area contributed by atoms with Gasteiger partial charge in [0.05, 0.1) is 24.2 Å². The van der Waals surface area contributed by atoms with Crippen molar-refractivity contribution >= 4 is 22.5 Å². The molecule has 0 radical (unpaired) electrons. The lowest BCUT2D eigenvalue weighted by Crippen LogP contribution is -2.32. The van der Waals surface area contributed by atoms with E-state index in [0.717, 1.165) is 4.68 Å². The molecule has 0 unspecified atom stereocenters. The lowest BCUT2D eigenvalue weighted by atomic mass is 10.2. The zero-order valence-corrected chi connectivity index (χ0v) is 13.2. The first-order valence-electron chi connectivity index (χ1n) is 7.47. The summed E-state index contributed by atoms with van der Waals surface area (Å²) in [6.07, 6.45) is 4.58. The van der Waals surface area contributed by atoms with E-state index in [1.165, 1.54) is 12.4 Å². The van der Waals surface area contributed by atoms with Crippen molar-refractivity contribution in [2.24, 2.45) is 0 Å². The third kappa shape index (κ3) is 2.49. The number of hydrogen-bond donors (Lipinski definition) is 1. The molecule has 124 valence electrons. The van der Waals surface area contributed by atoms with E-state index >= 15 is 0 Å². The molecule has 0 saturated heterocycles.